The Hall–Kier alpha value is -3.12. The number of carbonyl (C=O) groups excluding carboxylic acids is 2. The number of hydrogen-bond donors (Lipinski definition) is 1. The van der Waals surface area contributed by atoms with E-state index in [2.05, 4.69) is 5.32 Å². The van der Waals surface area contributed by atoms with Crippen molar-refractivity contribution in [2.75, 3.05) is 11.9 Å². The molecule has 1 saturated heterocycles. The number of nitrogens with zero attached hydrogens (tertiary/aromatic N) is 1. The first kappa shape index (κ1) is 18.3. The summed E-state index contributed by atoms with van der Waals surface area (Å²) in [5.74, 6) is -0.664. The van der Waals surface area contributed by atoms with Crippen LogP contribution in [0.1, 0.15) is 12.0 Å². The summed E-state index contributed by atoms with van der Waals surface area (Å²) < 4.78 is 5.09. The molecule has 6 nitrogen and oxygen atoms in total. The lowest BCUT2D eigenvalue weighted by Crippen LogP contribution is -2.28. The molecule has 1 aliphatic rings. The monoisotopic (exact) mass is 396 g/mol. The molecule has 1 aromatic heterocycles. The molecule has 1 aliphatic heterocycles. The van der Waals surface area contributed by atoms with Gasteiger partial charge in [-0.2, -0.15) is 0 Å². The number of nitrogens with one attached hydrogen (secondary N) is 1. The molecule has 1 atom stereocenters. The van der Waals surface area contributed by atoms with Crippen molar-refractivity contribution in [2.45, 2.75) is 13.0 Å². The molecule has 1 fully saturated rings. The summed E-state index contributed by atoms with van der Waals surface area (Å²) >= 11 is 5.89. The van der Waals surface area contributed by atoms with Gasteiger partial charge in [-0.1, -0.05) is 23.7 Å². The lowest BCUT2D eigenvalue weighted by atomic mass is 10.1. The van der Waals surface area contributed by atoms with Crippen molar-refractivity contribution in [1.82, 2.24) is 4.90 Å². The summed E-state index contributed by atoms with van der Waals surface area (Å²) in [5.41, 5.74) is 1.59. The van der Waals surface area contributed by atoms with E-state index in [4.69, 9.17) is 16.0 Å². The average Bonchev–Trinajstić information content (AvgIpc) is 3.04. The first-order chi connectivity index (χ1) is 13.5. The molecule has 2 amide bonds. The van der Waals surface area contributed by atoms with Gasteiger partial charge < -0.3 is 14.6 Å². The van der Waals surface area contributed by atoms with Crippen molar-refractivity contribution in [1.29, 1.82) is 0 Å². The van der Waals surface area contributed by atoms with Crippen LogP contribution in [0.3, 0.4) is 0 Å². The minimum atomic E-state index is -0.422. The van der Waals surface area contributed by atoms with Crippen LogP contribution in [0.4, 0.5) is 5.69 Å². The van der Waals surface area contributed by atoms with Gasteiger partial charge in [-0.25, -0.2) is 4.79 Å². The SMILES string of the molecule is O=C(Nc1ccc2oc(=O)ccc2c1)[C@H]1CC(=O)N(Cc2ccc(Cl)cc2)C1. The number of benzene rings is 2. The fraction of sp³-hybridized carbons (Fsp3) is 0.190. The lowest BCUT2D eigenvalue weighted by molar-refractivity contribution is -0.128. The highest BCUT2D eigenvalue weighted by atomic mass is 35.5. The van der Waals surface area contributed by atoms with Crippen LogP contribution in [0.2, 0.25) is 5.02 Å². The summed E-state index contributed by atoms with van der Waals surface area (Å²) in [6.45, 7) is 0.824. The number of likely N-dealkylation sites (tertiary alicyclic amines) is 1. The van der Waals surface area contributed by atoms with E-state index in [0.717, 1.165) is 5.56 Å². The van der Waals surface area contributed by atoms with Crippen molar-refractivity contribution in [3.05, 3.63) is 75.6 Å². The Morgan fingerprint density at radius 3 is 2.68 bits per heavy atom. The molecular weight excluding hydrogens is 380 g/mol. The Kier molecular flexibility index (Phi) is 4.88. The summed E-state index contributed by atoms with van der Waals surface area (Å²) in [4.78, 5) is 37.8. The fourth-order valence-corrected chi connectivity index (χ4v) is 3.43. The van der Waals surface area contributed by atoms with Gasteiger partial charge in [0.2, 0.25) is 11.8 Å². The standard InChI is InChI=1S/C21H17ClN2O4/c22-16-4-1-13(2-5-16)11-24-12-15(10-19(24)25)21(27)23-17-6-7-18-14(9-17)3-8-20(26)28-18/h1-9,15H,10-12H2,(H,23,27)/t15-/m0/s1. The van der Waals surface area contributed by atoms with Gasteiger partial charge in [-0.3, -0.25) is 9.59 Å². The largest absolute Gasteiger partial charge is 0.423 e. The van der Waals surface area contributed by atoms with Crippen LogP contribution in [-0.4, -0.2) is 23.3 Å². The smallest absolute Gasteiger partial charge is 0.336 e. The molecule has 0 radical (unpaired) electrons. The van der Waals surface area contributed by atoms with E-state index in [1.54, 1.807) is 41.3 Å². The van der Waals surface area contributed by atoms with E-state index >= 15 is 0 Å². The highest BCUT2D eigenvalue weighted by molar-refractivity contribution is 6.30. The molecule has 7 heteroatoms. The van der Waals surface area contributed by atoms with E-state index in [9.17, 15) is 14.4 Å². The van der Waals surface area contributed by atoms with Crippen LogP contribution in [0.25, 0.3) is 11.0 Å². The Morgan fingerprint density at radius 2 is 1.89 bits per heavy atom. The molecular formula is C21H17ClN2O4. The number of rotatable bonds is 4. The van der Waals surface area contributed by atoms with Crippen LogP contribution >= 0.6 is 11.6 Å². The molecule has 1 N–H and O–H groups in total. The van der Waals surface area contributed by atoms with E-state index in [1.807, 2.05) is 12.1 Å². The molecule has 0 saturated carbocycles. The van der Waals surface area contributed by atoms with Gasteiger partial charge in [0.05, 0.1) is 5.92 Å². The van der Waals surface area contributed by atoms with Crippen LogP contribution in [0.15, 0.2) is 63.8 Å². The van der Waals surface area contributed by atoms with Crippen LogP contribution in [0, 0.1) is 5.92 Å². The van der Waals surface area contributed by atoms with E-state index in [1.165, 1.54) is 6.07 Å². The minimum absolute atomic E-state index is 0.0459. The molecule has 3 aromatic rings. The third kappa shape index (κ3) is 3.92. The van der Waals surface area contributed by atoms with Crippen LogP contribution in [-0.2, 0) is 16.1 Å². The number of halogens is 1. The zero-order valence-electron chi connectivity index (χ0n) is 14.9. The van der Waals surface area contributed by atoms with E-state index in [-0.39, 0.29) is 18.2 Å². The predicted molar refractivity (Wildman–Crippen MR) is 106 cm³/mol. The van der Waals surface area contributed by atoms with Crippen molar-refractivity contribution in [2.24, 2.45) is 5.92 Å². The zero-order chi connectivity index (χ0) is 19.7. The third-order valence-corrected chi connectivity index (χ3v) is 5.01. The molecule has 2 heterocycles. The van der Waals surface area contributed by atoms with E-state index in [0.29, 0.717) is 34.8 Å². The third-order valence-electron chi connectivity index (χ3n) is 4.76. The first-order valence-corrected chi connectivity index (χ1v) is 9.23. The second-order valence-electron chi connectivity index (χ2n) is 6.80. The van der Waals surface area contributed by atoms with Gasteiger partial charge in [-0.15, -0.1) is 0 Å². The predicted octanol–water partition coefficient (Wildman–Crippen LogP) is 3.43. The van der Waals surface area contributed by atoms with Gasteiger partial charge in [0.1, 0.15) is 5.58 Å². The summed E-state index contributed by atoms with van der Waals surface area (Å²) in [6.07, 6.45) is 0.182. The maximum Gasteiger partial charge on any atom is 0.336 e. The quantitative estimate of drug-likeness (QED) is 0.685. The highest BCUT2D eigenvalue weighted by Crippen LogP contribution is 2.24. The van der Waals surface area contributed by atoms with Gasteiger partial charge in [0, 0.05) is 41.7 Å². The van der Waals surface area contributed by atoms with Crippen molar-refractivity contribution >= 4 is 40.1 Å². The molecule has 0 bridgehead atoms. The molecule has 28 heavy (non-hydrogen) atoms. The summed E-state index contributed by atoms with van der Waals surface area (Å²) in [5, 5.41) is 4.20. The molecule has 0 spiro atoms. The average molecular weight is 397 g/mol. The van der Waals surface area contributed by atoms with Gasteiger partial charge in [0.25, 0.3) is 0 Å². The zero-order valence-corrected chi connectivity index (χ0v) is 15.6. The van der Waals surface area contributed by atoms with Crippen LogP contribution in [0.5, 0.6) is 0 Å². The van der Waals surface area contributed by atoms with E-state index < -0.39 is 11.5 Å². The second-order valence-corrected chi connectivity index (χ2v) is 7.23. The van der Waals surface area contributed by atoms with Crippen molar-refractivity contribution < 1.29 is 14.0 Å². The highest BCUT2D eigenvalue weighted by Gasteiger charge is 2.34. The Balaban J connectivity index is 1.42. The molecule has 0 aliphatic carbocycles. The Bertz CT molecular complexity index is 1110. The fourth-order valence-electron chi connectivity index (χ4n) is 3.30. The maximum absolute atomic E-state index is 12.6. The molecule has 0 unspecified atom stereocenters. The molecule has 4 rings (SSSR count). The summed E-state index contributed by atoms with van der Waals surface area (Å²) in [7, 11) is 0. The minimum Gasteiger partial charge on any atom is -0.423 e. The maximum atomic E-state index is 12.6. The molecule has 142 valence electrons. The number of hydrogen-bond acceptors (Lipinski definition) is 4. The van der Waals surface area contributed by atoms with Crippen molar-refractivity contribution in [3.8, 4) is 0 Å². The molecule has 2 aromatic carbocycles. The van der Waals surface area contributed by atoms with Crippen LogP contribution < -0.4 is 10.9 Å². The van der Waals surface area contributed by atoms with Gasteiger partial charge in [-0.05, 0) is 42.0 Å². The number of anilines is 1. The second kappa shape index (κ2) is 7.48. The Labute approximate surface area is 165 Å². The number of fused-ring (bicyclic) bond motifs is 1. The van der Waals surface area contributed by atoms with Gasteiger partial charge >= 0.3 is 5.63 Å². The number of amides is 2. The van der Waals surface area contributed by atoms with Gasteiger partial charge in [0.15, 0.2) is 0 Å². The first-order valence-electron chi connectivity index (χ1n) is 8.85. The number of carbonyl (C=O) groups is 2. The normalized spacial score (nSPS) is 16.5. The summed E-state index contributed by atoms with van der Waals surface area (Å²) in [6, 6.07) is 15.3. The topological polar surface area (TPSA) is 79.6 Å². The van der Waals surface area contributed by atoms with Crippen molar-refractivity contribution in [3.63, 3.8) is 0 Å². The Morgan fingerprint density at radius 1 is 1.11 bits per heavy atom. The lowest BCUT2D eigenvalue weighted by Gasteiger charge is -2.17.